The molecular formula is C20H22. The minimum atomic E-state index is 0.805. The quantitative estimate of drug-likeness (QED) is 0.655. The fraction of sp³-hybridized carbons (Fsp3) is 0.500. The highest BCUT2D eigenvalue weighted by Crippen LogP contribution is 2.50. The summed E-state index contributed by atoms with van der Waals surface area (Å²) in [5.41, 5.74) is 3.17. The highest BCUT2D eigenvalue weighted by Gasteiger charge is 2.38. The second-order valence-corrected chi connectivity index (χ2v) is 7.44. The Morgan fingerprint density at radius 2 is 1.00 bits per heavy atom. The molecule has 0 N–H and O–H groups in total. The summed E-state index contributed by atoms with van der Waals surface area (Å²) in [5.74, 6) is 5.02. The molecule has 2 fully saturated rings. The maximum atomic E-state index is 2.47. The van der Waals surface area contributed by atoms with E-state index in [-0.39, 0.29) is 0 Å². The molecule has 0 heterocycles. The summed E-state index contributed by atoms with van der Waals surface area (Å²) < 4.78 is 0. The number of hydrogen-bond acceptors (Lipinski definition) is 0. The van der Waals surface area contributed by atoms with Crippen molar-refractivity contribution in [2.24, 2.45) is 23.7 Å². The van der Waals surface area contributed by atoms with Gasteiger partial charge in [-0.1, -0.05) is 48.6 Å². The molecule has 0 radical (unpaired) electrons. The lowest BCUT2D eigenvalue weighted by molar-refractivity contribution is 0.576. The Balaban J connectivity index is 1.39. The molecule has 0 amide bonds. The number of benzene rings is 1. The third-order valence-corrected chi connectivity index (χ3v) is 6.35. The molecule has 0 nitrogen and oxygen atoms in total. The van der Waals surface area contributed by atoms with Crippen molar-refractivity contribution in [3.8, 4) is 0 Å². The lowest BCUT2D eigenvalue weighted by Gasteiger charge is -2.21. The first-order valence-electron chi connectivity index (χ1n) is 8.33. The summed E-state index contributed by atoms with van der Waals surface area (Å²) in [6.45, 7) is 0. The van der Waals surface area contributed by atoms with Crippen LogP contribution in [-0.4, -0.2) is 0 Å². The van der Waals surface area contributed by atoms with Gasteiger partial charge in [-0.25, -0.2) is 0 Å². The van der Waals surface area contributed by atoms with E-state index < -0.39 is 0 Å². The van der Waals surface area contributed by atoms with E-state index in [2.05, 4.69) is 48.6 Å². The zero-order valence-corrected chi connectivity index (χ0v) is 11.9. The van der Waals surface area contributed by atoms with Crippen LogP contribution in [0.5, 0.6) is 0 Å². The maximum Gasteiger partial charge on any atom is -0.00932 e. The predicted molar refractivity (Wildman–Crippen MR) is 82.6 cm³/mol. The molecule has 6 unspecified atom stereocenters. The highest BCUT2D eigenvalue weighted by molar-refractivity contribution is 5.34. The Labute approximate surface area is 121 Å². The van der Waals surface area contributed by atoms with E-state index in [1.54, 1.807) is 11.1 Å². The molecule has 5 rings (SSSR count). The van der Waals surface area contributed by atoms with Gasteiger partial charge in [-0.15, -0.1) is 0 Å². The van der Waals surface area contributed by atoms with Crippen molar-refractivity contribution < 1.29 is 0 Å². The highest BCUT2D eigenvalue weighted by atomic mass is 14.4. The molecule has 0 heteroatoms. The van der Waals surface area contributed by atoms with Crippen LogP contribution in [0.15, 0.2) is 48.6 Å². The lowest BCUT2D eigenvalue weighted by atomic mass is 9.83. The largest absolute Gasteiger partial charge is 0.0851 e. The van der Waals surface area contributed by atoms with E-state index in [0.717, 1.165) is 35.5 Å². The van der Waals surface area contributed by atoms with Crippen LogP contribution in [0.25, 0.3) is 0 Å². The van der Waals surface area contributed by atoms with Crippen LogP contribution < -0.4 is 0 Å². The van der Waals surface area contributed by atoms with Gasteiger partial charge in [-0.2, -0.15) is 0 Å². The summed E-state index contributed by atoms with van der Waals surface area (Å²) in [4.78, 5) is 0. The van der Waals surface area contributed by atoms with Crippen molar-refractivity contribution in [2.45, 2.75) is 37.5 Å². The van der Waals surface area contributed by atoms with Crippen LogP contribution in [0.4, 0.5) is 0 Å². The summed E-state index contributed by atoms with van der Waals surface area (Å²) in [6.07, 6.45) is 15.4. The molecule has 1 aromatic carbocycles. The lowest BCUT2D eigenvalue weighted by Crippen LogP contribution is -2.07. The van der Waals surface area contributed by atoms with Crippen LogP contribution in [0.3, 0.4) is 0 Å². The topological polar surface area (TPSA) is 0 Å². The second-order valence-electron chi connectivity index (χ2n) is 7.44. The Hall–Kier alpha value is -1.30. The van der Waals surface area contributed by atoms with Crippen LogP contribution >= 0.6 is 0 Å². The number of fused-ring (bicyclic) bond motifs is 4. The molecule has 4 aliphatic carbocycles. The zero-order valence-electron chi connectivity index (χ0n) is 11.9. The molecule has 0 aliphatic heterocycles. The first-order valence-corrected chi connectivity index (χ1v) is 8.33. The SMILES string of the molecule is C1=CC2CC1CC2c1ccc(C2CC3C=CC2C3)cc1. The first-order chi connectivity index (χ1) is 9.87. The number of allylic oxidation sites excluding steroid dienone is 4. The minimum absolute atomic E-state index is 0.805. The molecule has 4 aliphatic rings. The second kappa shape index (κ2) is 4.10. The fourth-order valence-corrected chi connectivity index (χ4v) is 5.32. The molecule has 0 saturated heterocycles. The molecule has 4 bridgehead atoms. The summed E-state index contributed by atoms with van der Waals surface area (Å²) in [5, 5.41) is 0. The van der Waals surface area contributed by atoms with Crippen LogP contribution in [0, 0.1) is 23.7 Å². The Morgan fingerprint density at radius 3 is 1.30 bits per heavy atom. The van der Waals surface area contributed by atoms with Gasteiger partial charge in [0.1, 0.15) is 0 Å². The van der Waals surface area contributed by atoms with E-state index >= 15 is 0 Å². The van der Waals surface area contributed by atoms with Gasteiger partial charge in [0.15, 0.2) is 0 Å². The Kier molecular flexibility index (Phi) is 2.33. The standard InChI is InChI=1S/C20H22/c1-3-17-9-13(1)11-19(17)15-5-7-16(8-6-15)20-12-14-2-4-18(20)10-14/h1-8,13-14,17-20H,9-12H2. The predicted octanol–water partition coefficient (Wildman–Crippen LogP) is 5.05. The van der Waals surface area contributed by atoms with E-state index in [4.69, 9.17) is 0 Å². The summed E-state index contributed by atoms with van der Waals surface area (Å²) in [7, 11) is 0. The van der Waals surface area contributed by atoms with Gasteiger partial charge in [0.2, 0.25) is 0 Å². The van der Waals surface area contributed by atoms with Crippen molar-refractivity contribution in [1.29, 1.82) is 0 Å². The normalized spacial score (nSPS) is 43.8. The number of hydrogen-bond donors (Lipinski definition) is 0. The van der Waals surface area contributed by atoms with Gasteiger partial charge in [0.25, 0.3) is 0 Å². The van der Waals surface area contributed by atoms with Gasteiger partial charge in [-0.3, -0.25) is 0 Å². The molecule has 2 saturated carbocycles. The van der Waals surface area contributed by atoms with Crippen LogP contribution in [-0.2, 0) is 0 Å². The Morgan fingerprint density at radius 1 is 0.550 bits per heavy atom. The smallest absolute Gasteiger partial charge is 0.00932 e. The average molecular weight is 262 g/mol. The third kappa shape index (κ3) is 1.60. The zero-order chi connectivity index (χ0) is 13.1. The van der Waals surface area contributed by atoms with E-state index in [9.17, 15) is 0 Å². The monoisotopic (exact) mass is 262 g/mol. The number of rotatable bonds is 2. The molecule has 6 atom stereocenters. The summed E-state index contributed by atoms with van der Waals surface area (Å²) >= 11 is 0. The van der Waals surface area contributed by atoms with E-state index in [1.165, 1.54) is 25.7 Å². The summed E-state index contributed by atoms with van der Waals surface area (Å²) in [6, 6.07) is 9.74. The molecule has 1 aromatic rings. The van der Waals surface area contributed by atoms with Gasteiger partial charge in [0.05, 0.1) is 0 Å². The van der Waals surface area contributed by atoms with Crippen LogP contribution in [0.1, 0.15) is 48.6 Å². The minimum Gasteiger partial charge on any atom is -0.0851 e. The molecular weight excluding hydrogens is 240 g/mol. The van der Waals surface area contributed by atoms with Gasteiger partial charge in [0, 0.05) is 0 Å². The van der Waals surface area contributed by atoms with Crippen molar-refractivity contribution in [3.63, 3.8) is 0 Å². The first kappa shape index (κ1) is 11.4. The van der Waals surface area contributed by atoms with Crippen molar-refractivity contribution in [3.05, 3.63) is 59.7 Å². The van der Waals surface area contributed by atoms with Crippen molar-refractivity contribution >= 4 is 0 Å². The molecule has 102 valence electrons. The van der Waals surface area contributed by atoms with Crippen molar-refractivity contribution in [1.82, 2.24) is 0 Å². The maximum absolute atomic E-state index is 2.47. The average Bonchev–Trinajstić information content (AvgIpc) is 3.27. The fourth-order valence-electron chi connectivity index (χ4n) is 5.32. The van der Waals surface area contributed by atoms with Gasteiger partial charge in [-0.05, 0) is 72.3 Å². The molecule has 0 aromatic heterocycles. The van der Waals surface area contributed by atoms with Crippen LogP contribution in [0.2, 0.25) is 0 Å². The van der Waals surface area contributed by atoms with E-state index in [1.807, 2.05) is 0 Å². The third-order valence-electron chi connectivity index (χ3n) is 6.35. The Bertz CT molecular complexity index is 524. The van der Waals surface area contributed by atoms with E-state index in [0.29, 0.717) is 0 Å². The molecule has 0 spiro atoms. The van der Waals surface area contributed by atoms with Gasteiger partial charge >= 0.3 is 0 Å². The molecule has 20 heavy (non-hydrogen) atoms. The van der Waals surface area contributed by atoms with Crippen molar-refractivity contribution in [2.75, 3.05) is 0 Å². The van der Waals surface area contributed by atoms with Gasteiger partial charge < -0.3 is 0 Å².